The predicted octanol–water partition coefficient (Wildman–Crippen LogP) is 6.52. The Labute approximate surface area is 178 Å². The smallest absolute Gasteiger partial charge is 0.257 e. The molecular weight excluding hydrogens is 467 g/mol. The summed E-state index contributed by atoms with van der Waals surface area (Å²) in [4.78, 5) is 17.0. The number of hydrogen-bond donors (Lipinski definition) is 2. The van der Waals surface area contributed by atoms with E-state index in [2.05, 4.69) is 26.2 Å². The van der Waals surface area contributed by atoms with Crippen LogP contribution in [-0.4, -0.2) is 16.0 Å². The van der Waals surface area contributed by atoms with Gasteiger partial charge in [-0.3, -0.25) is 4.79 Å². The van der Waals surface area contributed by atoms with Gasteiger partial charge in [0.2, 0.25) is 5.89 Å². The first kappa shape index (κ1) is 18.8. The monoisotopic (exact) mass is 476 g/mol. The van der Waals surface area contributed by atoms with Crippen molar-refractivity contribution in [3.63, 3.8) is 0 Å². The van der Waals surface area contributed by atoms with Crippen LogP contribution in [0.2, 0.25) is 10.0 Å². The lowest BCUT2D eigenvalue weighted by molar-refractivity contribution is 0.102. The lowest BCUT2D eigenvalue weighted by atomic mass is 10.2. The van der Waals surface area contributed by atoms with Crippen LogP contribution < -0.4 is 5.32 Å². The molecule has 0 radical (unpaired) electrons. The summed E-state index contributed by atoms with van der Waals surface area (Å²) in [6.45, 7) is 0. The zero-order valence-corrected chi connectivity index (χ0v) is 17.1. The predicted molar refractivity (Wildman–Crippen MR) is 113 cm³/mol. The number of aromatic hydroxyl groups is 1. The zero-order valence-electron chi connectivity index (χ0n) is 14.0. The molecule has 0 aliphatic rings. The average Bonchev–Trinajstić information content (AvgIpc) is 3.09. The molecule has 1 aromatic heterocycles. The van der Waals surface area contributed by atoms with Gasteiger partial charge in [-0.25, -0.2) is 4.98 Å². The van der Waals surface area contributed by atoms with Crippen LogP contribution in [0.5, 0.6) is 5.75 Å². The van der Waals surface area contributed by atoms with Crippen molar-refractivity contribution in [1.29, 1.82) is 0 Å². The largest absolute Gasteiger partial charge is 0.507 e. The lowest BCUT2D eigenvalue weighted by Gasteiger charge is -2.07. The van der Waals surface area contributed by atoms with Gasteiger partial charge in [-0.15, -0.1) is 0 Å². The van der Waals surface area contributed by atoms with E-state index in [4.69, 9.17) is 27.6 Å². The van der Waals surface area contributed by atoms with E-state index in [1.165, 1.54) is 0 Å². The molecule has 8 heteroatoms. The molecule has 4 aromatic rings. The van der Waals surface area contributed by atoms with Gasteiger partial charge in [-0.05, 0) is 64.5 Å². The number of rotatable bonds is 3. The Bertz CT molecular complexity index is 1220. The first-order chi connectivity index (χ1) is 13.4. The Balaban J connectivity index is 1.64. The Kier molecular flexibility index (Phi) is 5.02. The van der Waals surface area contributed by atoms with Gasteiger partial charge < -0.3 is 14.8 Å². The van der Waals surface area contributed by atoms with E-state index in [9.17, 15) is 9.90 Å². The maximum absolute atomic E-state index is 12.5. The van der Waals surface area contributed by atoms with Crippen LogP contribution in [0.3, 0.4) is 0 Å². The van der Waals surface area contributed by atoms with E-state index >= 15 is 0 Å². The minimum absolute atomic E-state index is 0.129. The zero-order chi connectivity index (χ0) is 19.8. The molecule has 0 aliphatic carbocycles. The second-order valence-corrected chi connectivity index (χ2v) is 7.56. The van der Waals surface area contributed by atoms with Crippen molar-refractivity contribution < 1.29 is 14.3 Å². The molecule has 4 rings (SSSR count). The highest BCUT2D eigenvalue weighted by Crippen LogP contribution is 2.32. The standard InChI is InChI=1S/C20H11BrCl2N2O3/c21-13-8-10(4-6-16(13)26)20-25-15-9-11(5-7-17(15)28-20)24-19(27)12-2-1-3-14(22)18(12)23/h1-9,26H,(H,24,27). The second kappa shape index (κ2) is 7.47. The van der Waals surface area contributed by atoms with Crippen molar-refractivity contribution in [2.45, 2.75) is 0 Å². The molecule has 0 unspecified atom stereocenters. The number of benzene rings is 3. The van der Waals surface area contributed by atoms with Crippen molar-refractivity contribution in [3.05, 3.63) is 74.7 Å². The quantitative estimate of drug-likeness (QED) is 0.352. The number of amides is 1. The summed E-state index contributed by atoms with van der Waals surface area (Å²) in [7, 11) is 0. The fourth-order valence-corrected chi connectivity index (χ4v) is 3.41. The van der Waals surface area contributed by atoms with Gasteiger partial charge in [-0.2, -0.15) is 0 Å². The summed E-state index contributed by atoms with van der Waals surface area (Å²) in [6.07, 6.45) is 0. The van der Waals surface area contributed by atoms with E-state index < -0.39 is 0 Å². The Hall–Kier alpha value is -2.54. The molecule has 0 saturated heterocycles. The maximum atomic E-state index is 12.5. The summed E-state index contributed by atoms with van der Waals surface area (Å²) >= 11 is 15.3. The molecule has 0 aliphatic heterocycles. The van der Waals surface area contributed by atoms with Crippen LogP contribution in [0.4, 0.5) is 5.69 Å². The van der Waals surface area contributed by atoms with E-state index in [1.54, 1.807) is 54.6 Å². The molecular formula is C20H11BrCl2N2O3. The number of oxazole rings is 1. The van der Waals surface area contributed by atoms with Gasteiger partial charge in [0.25, 0.3) is 5.91 Å². The van der Waals surface area contributed by atoms with E-state index in [1.807, 2.05) is 0 Å². The number of halogens is 3. The number of fused-ring (bicyclic) bond motifs is 1. The minimum Gasteiger partial charge on any atom is -0.507 e. The SMILES string of the molecule is O=C(Nc1ccc2oc(-c3ccc(O)c(Br)c3)nc2c1)c1cccc(Cl)c1Cl. The molecule has 0 fully saturated rings. The van der Waals surface area contributed by atoms with E-state index in [0.29, 0.717) is 37.7 Å². The lowest BCUT2D eigenvalue weighted by Crippen LogP contribution is -2.12. The molecule has 1 heterocycles. The van der Waals surface area contributed by atoms with Crippen LogP contribution in [-0.2, 0) is 0 Å². The van der Waals surface area contributed by atoms with Crippen LogP contribution in [0.15, 0.2) is 63.5 Å². The van der Waals surface area contributed by atoms with Gasteiger partial charge in [0.05, 0.1) is 20.1 Å². The highest BCUT2D eigenvalue weighted by molar-refractivity contribution is 9.10. The molecule has 0 atom stereocenters. The van der Waals surface area contributed by atoms with Gasteiger partial charge in [0, 0.05) is 11.3 Å². The normalized spacial score (nSPS) is 11.0. The van der Waals surface area contributed by atoms with Crippen LogP contribution in [0, 0.1) is 0 Å². The number of nitrogens with one attached hydrogen (secondary N) is 1. The summed E-state index contributed by atoms with van der Waals surface area (Å²) in [6, 6.07) is 15.0. The number of nitrogens with zero attached hydrogens (tertiary/aromatic N) is 1. The number of phenolic OH excluding ortho intramolecular Hbond substituents is 1. The number of anilines is 1. The molecule has 0 spiro atoms. The van der Waals surface area contributed by atoms with Crippen LogP contribution in [0.1, 0.15) is 10.4 Å². The average molecular weight is 478 g/mol. The number of carbonyl (C=O) groups is 1. The maximum Gasteiger partial charge on any atom is 0.257 e. The van der Waals surface area contributed by atoms with Crippen molar-refractivity contribution in [1.82, 2.24) is 4.98 Å². The number of hydrogen-bond acceptors (Lipinski definition) is 4. The molecule has 1 amide bonds. The molecule has 28 heavy (non-hydrogen) atoms. The van der Waals surface area contributed by atoms with Crippen molar-refractivity contribution in [3.8, 4) is 17.2 Å². The number of carbonyl (C=O) groups excluding carboxylic acids is 1. The van der Waals surface area contributed by atoms with Crippen molar-refractivity contribution in [2.24, 2.45) is 0 Å². The summed E-state index contributed by atoms with van der Waals surface area (Å²) < 4.78 is 6.30. The fourth-order valence-electron chi connectivity index (χ4n) is 2.65. The molecule has 0 saturated carbocycles. The van der Waals surface area contributed by atoms with Crippen molar-refractivity contribution in [2.75, 3.05) is 5.32 Å². The minimum atomic E-state index is -0.377. The van der Waals surface area contributed by atoms with Crippen LogP contribution >= 0.6 is 39.1 Å². The Morgan fingerprint density at radius 3 is 2.71 bits per heavy atom. The third-order valence-electron chi connectivity index (χ3n) is 4.04. The van der Waals surface area contributed by atoms with Gasteiger partial charge in [-0.1, -0.05) is 29.3 Å². The van der Waals surface area contributed by atoms with Crippen molar-refractivity contribution >= 4 is 61.8 Å². The third kappa shape index (κ3) is 3.58. The molecule has 3 aromatic carbocycles. The van der Waals surface area contributed by atoms with E-state index in [-0.39, 0.29) is 22.2 Å². The molecule has 0 bridgehead atoms. The number of aromatic nitrogens is 1. The molecule has 2 N–H and O–H groups in total. The highest BCUT2D eigenvalue weighted by Gasteiger charge is 2.15. The van der Waals surface area contributed by atoms with Gasteiger partial charge >= 0.3 is 0 Å². The summed E-state index contributed by atoms with van der Waals surface area (Å²) in [5.74, 6) is 0.152. The fraction of sp³-hybridized carbons (Fsp3) is 0. The Morgan fingerprint density at radius 2 is 1.93 bits per heavy atom. The number of phenols is 1. The highest BCUT2D eigenvalue weighted by atomic mass is 79.9. The Morgan fingerprint density at radius 1 is 1.11 bits per heavy atom. The third-order valence-corrected chi connectivity index (χ3v) is 5.49. The molecule has 140 valence electrons. The van der Waals surface area contributed by atoms with E-state index in [0.717, 1.165) is 0 Å². The summed E-state index contributed by atoms with van der Waals surface area (Å²) in [5.41, 5.74) is 2.67. The molecule has 5 nitrogen and oxygen atoms in total. The van der Waals surface area contributed by atoms with Gasteiger partial charge in [0.1, 0.15) is 11.3 Å². The summed E-state index contributed by atoms with van der Waals surface area (Å²) in [5, 5.41) is 12.9. The first-order valence-electron chi connectivity index (χ1n) is 8.07. The first-order valence-corrected chi connectivity index (χ1v) is 9.62. The topological polar surface area (TPSA) is 75.4 Å². The second-order valence-electron chi connectivity index (χ2n) is 5.92. The van der Waals surface area contributed by atoms with Crippen LogP contribution in [0.25, 0.3) is 22.6 Å². The van der Waals surface area contributed by atoms with Gasteiger partial charge in [0.15, 0.2) is 5.58 Å².